The van der Waals surface area contributed by atoms with Gasteiger partial charge in [0.05, 0.1) is 216 Å². The molecule has 10 fully saturated rings. The van der Waals surface area contributed by atoms with E-state index in [-0.39, 0.29) is 93.2 Å². The summed E-state index contributed by atoms with van der Waals surface area (Å²) >= 11 is 6.23. The first-order valence-electron chi connectivity index (χ1n) is 43.5. The van der Waals surface area contributed by atoms with Crippen molar-refractivity contribution in [3.63, 3.8) is 0 Å². The Kier molecular flexibility index (Phi) is 28.0. The van der Waals surface area contributed by atoms with Crippen LogP contribution in [0.3, 0.4) is 0 Å². The summed E-state index contributed by atoms with van der Waals surface area (Å²) in [6.45, 7) is 20.2. The number of aromatic nitrogens is 12. The Balaban J connectivity index is 0.000000122. The van der Waals surface area contributed by atoms with Crippen LogP contribution in [0.4, 0.5) is 47.5 Å². The fourth-order valence-corrected chi connectivity index (χ4v) is 17.2. The molecule has 9 aromatic rings. The molecule has 0 atom stereocenters. The molecule has 45 heteroatoms. The van der Waals surface area contributed by atoms with E-state index in [1.807, 2.05) is 41.3 Å². The molecule has 21 rings (SSSR count). The molecule has 4 amide bonds. The lowest BCUT2D eigenvalue weighted by atomic mass is 10.0. The van der Waals surface area contributed by atoms with E-state index in [0.717, 1.165) is 84.9 Å². The standard InChI is InChI=1S/C29H29FN6O6.C19H15ClFN3O3.4C10H15N3O3/c1-28(2,3)42-27(39)35-13-21-25(26(35)38)22(11-20(32-21)24-17(12-31)5-4-6-19(24)30)36-9-7-23(33-36)34-10-8-29(16-34)40-14-18(37)15-41-29;1-19(2,3)27-18(26)24-9-14-16(17(24)25)11(20)7-13(23-14)15-10(8-22)5-4-6-12(15)21;4*14-8-5-15-10(16-6-8)2-4-13(7-10)9-1-3-11-12-9/h4-7,9,11,18,37H,8,10,13-16H2,1-3H3;4-7H,9H2,1-3H3;4*1,3,8,14H,2,4-7H2,(H,11,12). The van der Waals surface area contributed by atoms with Gasteiger partial charge in [0.1, 0.15) is 76.6 Å². The number of nitrogens with zero attached hydrogens (tertiary/aromatic N) is 17. The van der Waals surface area contributed by atoms with Gasteiger partial charge >= 0.3 is 12.2 Å². The van der Waals surface area contributed by atoms with Crippen molar-refractivity contribution >= 4 is 64.7 Å². The number of aromatic amines is 4. The van der Waals surface area contributed by atoms with Gasteiger partial charge < -0.3 is 107 Å². The first-order valence-corrected chi connectivity index (χ1v) is 43.9. The predicted octanol–water partition coefficient (Wildman–Crippen LogP) is 6.35. The number of H-pyrrole nitrogens is 4. The van der Waals surface area contributed by atoms with Crippen LogP contribution in [0.2, 0.25) is 5.02 Å². The number of nitrogens with one attached hydrogen (secondary N) is 4. The molecule has 0 radical (unpaired) electrons. The molecule has 0 unspecified atom stereocenters. The van der Waals surface area contributed by atoms with Crippen LogP contribution in [-0.2, 0) is 69.9 Å². The highest BCUT2D eigenvalue weighted by atomic mass is 35.5. The Morgan fingerprint density at radius 2 is 0.759 bits per heavy atom. The molecule has 2 aromatic carbocycles. The third-order valence-electron chi connectivity index (χ3n) is 23.5. The van der Waals surface area contributed by atoms with Gasteiger partial charge in [-0.3, -0.25) is 30.0 Å². The van der Waals surface area contributed by atoms with Gasteiger partial charge in [0.2, 0.25) is 0 Å². The van der Waals surface area contributed by atoms with Crippen LogP contribution in [0, 0.1) is 34.3 Å². The maximum absolute atomic E-state index is 15.1. The zero-order valence-electron chi connectivity index (χ0n) is 73.9. The maximum atomic E-state index is 15.1. The molecule has 0 saturated carbocycles. The molecule has 42 nitrogen and oxygen atoms in total. The van der Waals surface area contributed by atoms with Gasteiger partial charge in [-0.1, -0.05) is 23.7 Å². The largest absolute Gasteiger partial charge is 0.443 e. The molecule has 10 saturated heterocycles. The second kappa shape index (κ2) is 39.4. The third-order valence-corrected chi connectivity index (χ3v) is 23.8. The van der Waals surface area contributed by atoms with Crippen molar-refractivity contribution in [3.05, 3.63) is 160 Å². The average molecular weight is 1870 g/mol. The normalized spacial score (nSPS) is 26.4. The second-order valence-corrected chi connectivity index (χ2v) is 36.0. The number of aliphatic hydroxyl groups is 5. The lowest BCUT2D eigenvalue weighted by Crippen LogP contribution is -2.48. The number of carbonyl (C=O) groups is 4. The monoisotopic (exact) mass is 1860 g/mol. The average Bonchev–Trinajstić information content (AvgIpc) is 1.60. The van der Waals surface area contributed by atoms with Crippen molar-refractivity contribution in [2.45, 2.75) is 157 Å². The van der Waals surface area contributed by atoms with Gasteiger partial charge in [0, 0.05) is 101 Å². The van der Waals surface area contributed by atoms with Crippen LogP contribution >= 0.6 is 11.6 Å². The SMILES string of the molecule is CC(C)(C)OC(=O)N1Cc2nc(-c3c(F)cccc3C#N)cc(-n3ccc(N4CCC5(C4)OCC(O)CO5)n3)c2C1=O.CC(C)(C)OC(=O)N1Cc2nc(-c3c(F)cccc3C#N)cc(Cl)c2C1=O.OC1COC2(CCN(c3ccn[nH]3)C2)OC1.OC1COC2(CCN(c3ccn[nH]3)C2)OC1.OC1COC2(CCN(c3ccn[nH]3)C2)OC1.OC1COC2(CCN(c3ccn[nH]3)C2)OC1. The lowest BCUT2D eigenvalue weighted by molar-refractivity contribution is -0.280. The molecule has 19 heterocycles. The first kappa shape index (κ1) is 94.4. The molecule has 7 aromatic heterocycles. The number of nitriles is 2. The summed E-state index contributed by atoms with van der Waals surface area (Å²) in [6, 6.07) is 24.4. The van der Waals surface area contributed by atoms with Crippen molar-refractivity contribution in [2.24, 2.45) is 0 Å². The number of imide groups is 2. The summed E-state index contributed by atoms with van der Waals surface area (Å²) in [6.07, 6.45) is 8.14. The smallest absolute Gasteiger partial charge is 0.417 e. The van der Waals surface area contributed by atoms with Gasteiger partial charge in [-0.15, -0.1) is 0 Å². The Morgan fingerprint density at radius 3 is 1.08 bits per heavy atom. The van der Waals surface area contributed by atoms with Crippen molar-refractivity contribution < 1.29 is 110 Å². The van der Waals surface area contributed by atoms with E-state index in [2.05, 4.69) is 70.4 Å². The number of aliphatic hydroxyl groups excluding tert-OH is 5. The number of ether oxygens (including phenoxy) is 12. The highest BCUT2D eigenvalue weighted by Crippen LogP contribution is 2.42. The van der Waals surface area contributed by atoms with Crippen molar-refractivity contribution in [2.75, 3.05) is 156 Å². The van der Waals surface area contributed by atoms with Gasteiger partial charge in [-0.05, 0) is 77.9 Å². The van der Waals surface area contributed by atoms with E-state index in [9.17, 15) is 59.6 Å². The van der Waals surface area contributed by atoms with Crippen LogP contribution in [0.15, 0.2) is 110 Å². The summed E-state index contributed by atoms with van der Waals surface area (Å²) in [5, 5.41) is 98.1. The molecule has 5 spiro atoms. The quantitative estimate of drug-likeness (QED) is 0.0800. The highest BCUT2D eigenvalue weighted by molar-refractivity contribution is 6.35. The van der Waals surface area contributed by atoms with Crippen molar-refractivity contribution in [3.8, 4) is 40.3 Å². The molecule has 9 N–H and O–H groups in total. The Hall–Kier alpha value is -11.8. The zero-order chi connectivity index (χ0) is 93.8. The topological polar surface area (TPSA) is 509 Å². The zero-order valence-corrected chi connectivity index (χ0v) is 74.6. The number of carbonyl (C=O) groups excluding carboxylic acids is 4. The van der Waals surface area contributed by atoms with E-state index in [1.165, 1.54) is 53.2 Å². The number of benzene rings is 2. The van der Waals surface area contributed by atoms with Crippen LogP contribution < -0.4 is 24.5 Å². The van der Waals surface area contributed by atoms with E-state index < -0.39 is 106 Å². The minimum absolute atomic E-state index is 0.00660. The summed E-state index contributed by atoms with van der Waals surface area (Å²) in [5.74, 6) is -1.02. The van der Waals surface area contributed by atoms with Crippen LogP contribution in [0.5, 0.6) is 0 Å². The summed E-state index contributed by atoms with van der Waals surface area (Å²) < 4.78 is 98.1. The number of halogens is 3. The van der Waals surface area contributed by atoms with Gasteiger partial charge in [-0.2, -0.15) is 36.0 Å². The van der Waals surface area contributed by atoms with Gasteiger partial charge in [-0.25, -0.2) is 42.8 Å². The number of hydrogen-bond acceptors (Lipinski definition) is 35. The maximum Gasteiger partial charge on any atom is 0.417 e. The fraction of sp³-hybridized carbons (Fsp3) is 0.511. The number of pyridine rings is 2. The lowest BCUT2D eigenvalue weighted by Gasteiger charge is -2.35. The van der Waals surface area contributed by atoms with Gasteiger partial charge in [0.25, 0.3) is 11.8 Å². The predicted molar refractivity (Wildman–Crippen MR) is 465 cm³/mol. The Morgan fingerprint density at radius 1 is 0.451 bits per heavy atom. The Labute approximate surface area is 766 Å². The third kappa shape index (κ3) is 21.7. The van der Waals surface area contributed by atoms with Gasteiger partial charge in [0.15, 0.2) is 34.8 Å². The second-order valence-electron chi connectivity index (χ2n) is 35.6. The first-order chi connectivity index (χ1) is 63.7. The summed E-state index contributed by atoms with van der Waals surface area (Å²) in [4.78, 5) is 72.6. The van der Waals surface area contributed by atoms with E-state index in [4.69, 9.17) is 73.5 Å². The molecule has 0 bridgehead atoms. The van der Waals surface area contributed by atoms with Crippen molar-refractivity contribution in [1.29, 1.82) is 10.5 Å². The summed E-state index contributed by atoms with van der Waals surface area (Å²) in [5.41, 5.74) is -0.320. The molecular formula is C88H104ClF2N21O21. The molecule has 12 aliphatic rings. The van der Waals surface area contributed by atoms with Crippen LogP contribution in [-0.4, -0.2) is 322 Å². The number of amides is 4. The number of hydrogen-bond donors (Lipinski definition) is 9. The highest BCUT2D eigenvalue weighted by Gasteiger charge is 2.50. The molecule has 708 valence electrons. The number of rotatable bonds is 8. The number of fused-ring (bicyclic) bond motifs is 2. The van der Waals surface area contributed by atoms with Crippen LogP contribution in [0.25, 0.3) is 28.2 Å². The number of anilines is 5. The van der Waals surface area contributed by atoms with Crippen LogP contribution in [0.1, 0.15) is 117 Å². The Bertz CT molecular complexity index is 5360. The van der Waals surface area contributed by atoms with E-state index >= 15 is 4.39 Å². The minimum atomic E-state index is -0.837. The molecular weight excluding hydrogens is 1760 g/mol. The molecule has 133 heavy (non-hydrogen) atoms. The van der Waals surface area contributed by atoms with E-state index in [0.29, 0.717) is 104 Å². The summed E-state index contributed by atoms with van der Waals surface area (Å²) in [7, 11) is 0. The van der Waals surface area contributed by atoms with Crippen molar-refractivity contribution in [1.82, 2.24) is 70.3 Å². The minimum Gasteiger partial charge on any atom is -0.443 e. The molecule has 12 aliphatic heterocycles. The molecule has 0 aliphatic carbocycles. The van der Waals surface area contributed by atoms with E-state index in [1.54, 1.807) is 78.6 Å². The fourth-order valence-electron chi connectivity index (χ4n) is 16.9.